The van der Waals surface area contributed by atoms with Gasteiger partial charge in [-0.2, -0.15) is 0 Å². The molecule has 1 unspecified atom stereocenters. The Hall–Kier alpha value is -4.15. The second kappa shape index (κ2) is 15.0. The zero-order chi connectivity index (χ0) is 31.7. The van der Waals surface area contributed by atoms with Gasteiger partial charge in [0.05, 0.1) is 11.9 Å². The highest BCUT2D eigenvalue weighted by molar-refractivity contribution is 9.10. The molecule has 4 aromatic rings. The predicted molar refractivity (Wildman–Crippen MR) is 177 cm³/mol. The van der Waals surface area contributed by atoms with Crippen LogP contribution in [0, 0.1) is 0 Å². The molecule has 0 fully saturated rings. The van der Waals surface area contributed by atoms with Crippen molar-refractivity contribution in [2.24, 2.45) is 0 Å². The van der Waals surface area contributed by atoms with Crippen molar-refractivity contribution in [3.63, 3.8) is 0 Å². The van der Waals surface area contributed by atoms with E-state index in [1.54, 1.807) is 24.3 Å². The van der Waals surface area contributed by atoms with Crippen LogP contribution >= 0.6 is 15.9 Å². The molecule has 0 spiro atoms. The van der Waals surface area contributed by atoms with Crippen molar-refractivity contribution in [3.8, 4) is 11.5 Å². The summed E-state index contributed by atoms with van der Waals surface area (Å²) in [5, 5.41) is 2.95. The van der Waals surface area contributed by atoms with Gasteiger partial charge in [-0.25, -0.2) is 8.42 Å². The Bertz CT molecular complexity index is 1650. The summed E-state index contributed by atoms with van der Waals surface area (Å²) in [7, 11) is -3.88. The van der Waals surface area contributed by atoms with Gasteiger partial charge in [0.1, 0.15) is 24.1 Å². The third-order valence-electron chi connectivity index (χ3n) is 6.73. The van der Waals surface area contributed by atoms with Gasteiger partial charge in [-0.15, -0.1) is 0 Å². The molecule has 0 aliphatic heterocycles. The van der Waals surface area contributed by atoms with Crippen molar-refractivity contribution in [3.05, 3.63) is 125 Å². The zero-order valence-electron chi connectivity index (χ0n) is 24.9. The third kappa shape index (κ3) is 9.42. The fourth-order valence-corrected chi connectivity index (χ4v) is 5.98. The molecule has 230 valence electrons. The molecule has 4 aromatic carbocycles. The van der Waals surface area contributed by atoms with Crippen molar-refractivity contribution in [1.82, 2.24) is 10.2 Å². The first-order valence-electron chi connectivity index (χ1n) is 14.2. The van der Waals surface area contributed by atoms with Gasteiger partial charge in [-0.3, -0.25) is 13.9 Å². The zero-order valence-corrected chi connectivity index (χ0v) is 27.3. The van der Waals surface area contributed by atoms with Crippen molar-refractivity contribution in [2.75, 3.05) is 17.1 Å². The van der Waals surface area contributed by atoms with Crippen LogP contribution in [-0.2, 0) is 32.6 Å². The second-order valence-electron chi connectivity index (χ2n) is 10.7. The molecule has 1 N–H and O–H groups in total. The van der Waals surface area contributed by atoms with Crippen LogP contribution < -0.4 is 14.4 Å². The quantitative estimate of drug-likeness (QED) is 0.183. The van der Waals surface area contributed by atoms with E-state index in [2.05, 4.69) is 21.2 Å². The third-order valence-corrected chi connectivity index (χ3v) is 8.36. The molecule has 8 nitrogen and oxygen atoms in total. The number of benzene rings is 4. The maximum atomic E-state index is 14.2. The average Bonchev–Trinajstić information content (AvgIpc) is 2.98. The maximum Gasteiger partial charge on any atom is 0.244 e. The largest absolute Gasteiger partial charge is 0.457 e. The Morgan fingerprint density at radius 2 is 1.41 bits per heavy atom. The lowest BCUT2D eigenvalue weighted by Gasteiger charge is -2.34. The molecule has 10 heteroatoms. The van der Waals surface area contributed by atoms with Crippen molar-refractivity contribution < 1.29 is 22.7 Å². The molecule has 0 aliphatic carbocycles. The summed E-state index contributed by atoms with van der Waals surface area (Å²) in [5.74, 6) is 0.326. The van der Waals surface area contributed by atoms with Gasteiger partial charge in [0.25, 0.3) is 0 Å². The number of sulfonamides is 1. The number of nitrogens with one attached hydrogen (secondary N) is 1. The molecule has 1 atom stereocenters. The normalized spacial score (nSPS) is 11.9. The van der Waals surface area contributed by atoms with Crippen molar-refractivity contribution in [2.45, 2.75) is 38.9 Å². The monoisotopic (exact) mass is 677 g/mol. The van der Waals surface area contributed by atoms with Gasteiger partial charge in [-0.05, 0) is 73.5 Å². The van der Waals surface area contributed by atoms with Gasteiger partial charge >= 0.3 is 0 Å². The van der Waals surface area contributed by atoms with E-state index >= 15 is 0 Å². The Morgan fingerprint density at radius 3 is 2.00 bits per heavy atom. The molecule has 0 aliphatic rings. The minimum Gasteiger partial charge on any atom is -0.457 e. The highest BCUT2D eigenvalue weighted by Gasteiger charge is 2.33. The fourth-order valence-electron chi connectivity index (χ4n) is 4.69. The molecule has 0 bridgehead atoms. The van der Waals surface area contributed by atoms with Crippen LogP contribution in [-0.4, -0.2) is 50.0 Å². The summed E-state index contributed by atoms with van der Waals surface area (Å²) < 4.78 is 33.8. The van der Waals surface area contributed by atoms with Crippen LogP contribution in [0.2, 0.25) is 0 Å². The summed E-state index contributed by atoms with van der Waals surface area (Å²) >= 11 is 3.48. The number of carbonyl (C=O) groups is 2. The molecule has 0 saturated carbocycles. The lowest BCUT2D eigenvalue weighted by molar-refractivity contribution is -0.140. The second-order valence-corrected chi connectivity index (χ2v) is 13.5. The van der Waals surface area contributed by atoms with Crippen LogP contribution in [0.4, 0.5) is 5.69 Å². The molecular formula is C34H36BrN3O5S. The van der Waals surface area contributed by atoms with E-state index in [1.807, 2.05) is 98.8 Å². The Morgan fingerprint density at radius 1 is 0.818 bits per heavy atom. The van der Waals surface area contributed by atoms with E-state index in [0.29, 0.717) is 17.2 Å². The number of ether oxygens (including phenoxy) is 1. The number of hydrogen-bond acceptors (Lipinski definition) is 5. The van der Waals surface area contributed by atoms with Crippen LogP contribution in [0.3, 0.4) is 0 Å². The molecule has 2 amide bonds. The van der Waals surface area contributed by atoms with Crippen LogP contribution in [0.5, 0.6) is 11.5 Å². The van der Waals surface area contributed by atoms with E-state index in [1.165, 1.54) is 4.90 Å². The van der Waals surface area contributed by atoms with E-state index in [-0.39, 0.29) is 24.9 Å². The minimum atomic E-state index is -3.88. The summed E-state index contributed by atoms with van der Waals surface area (Å²) in [5.41, 5.74) is 1.96. The standard InChI is InChI=1S/C34H36BrN3O5S/c1-25(2)36-34(40)32(22-26-11-6-4-7-12-26)37(23-27-13-10-14-28(35)21-27)33(39)24-38(44(3,41)42)29-17-19-31(20-18-29)43-30-15-8-5-9-16-30/h4-21,25,32H,22-24H2,1-3H3,(H,36,40). The van der Waals surface area contributed by atoms with E-state index in [9.17, 15) is 18.0 Å². The highest BCUT2D eigenvalue weighted by atomic mass is 79.9. The van der Waals surface area contributed by atoms with Gasteiger partial charge in [-0.1, -0.05) is 76.6 Å². The number of nitrogens with zero attached hydrogens (tertiary/aromatic N) is 2. The van der Waals surface area contributed by atoms with Crippen LogP contribution in [0.25, 0.3) is 0 Å². The lowest BCUT2D eigenvalue weighted by Crippen LogP contribution is -2.54. The van der Waals surface area contributed by atoms with Gasteiger partial charge < -0.3 is 15.0 Å². The number of halogens is 1. The maximum absolute atomic E-state index is 14.2. The lowest BCUT2D eigenvalue weighted by atomic mass is 10.0. The molecule has 0 saturated heterocycles. The van der Waals surface area contributed by atoms with Crippen LogP contribution in [0.1, 0.15) is 25.0 Å². The Balaban J connectivity index is 1.67. The van der Waals surface area contributed by atoms with Crippen LogP contribution in [0.15, 0.2) is 114 Å². The summed E-state index contributed by atoms with van der Waals surface area (Å²) in [6.45, 7) is 3.32. The van der Waals surface area contributed by atoms with E-state index in [4.69, 9.17) is 4.74 Å². The SMILES string of the molecule is CC(C)NC(=O)C(Cc1ccccc1)N(Cc1cccc(Br)c1)C(=O)CN(c1ccc(Oc2ccccc2)cc1)S(C)(=O)=O. The predicted octanol–water partition coefficient (Wildman–Crippen LogP) is 6.17. The molecule has 0 aromatic heterocycles. The molecular weight excluding hydrogens is 642 g/mol. The van der Waals surface area contributed by atoms with Crippen molar-refractivity contribution >= 4 is 43.5 Å². The molecule has 0 heterocycles. The summed E-state index contributed by atoms with van der Waals surface area (Å²) in [4.78, 5) is 29.3. The van der Waals surface area contributed by atoms with E-state index in [0.717, 1.165) is 26.2 Å². The number of amides is 2. The van der Waals surface area contributed by atoms with Gasteiger partial charge in [0.2, 0.25) is 21.8 Å². The molecule has 0 radical (unpaired) electrons. The van der Waals surface area contributed by atoms with Gasteiger partial charge in [0.15, 0.2) is 0 Å². The van der Waals surface area contributed by atoms with Crippen molar-refractivity contribution in [1.29, 1.82) is 0 Å². The first kappa shape index (κ1) is 32.8. The Labute approximate surface area is 267 Å². The minimum absolute atomic E-state index is 0.0999. The first-order chi connectivity index (χ1) is 21.0. The number of anilines is 1. The first-order valence-corrected chi connectivity index (χ1v) is 16.8. The topological polar surface area (TPSA) is 96.0 Å². The summed E-state index contributed by atoms with van der Waals surface area (Å²) in [6.07, 6.45) is 1.31. The number of para-hydroxylation sites is 1. The average molecular weight is 679 g/mol. The molecule has 44 heavy (non-hydrogen) atoms. The smallest absolute Gasteiger partial charge is 0.244 e. The fraction of sp³-hybridized carbons (Fsp3) is 0.235. The van der Waals surface area contributed by atoms with E-state index < -0.39 is 28.5 Å². The Kier molecular flexibility index (Phi) is 11.2. The molecule has 4 rings (SSSR count). The summed E-state index contributed by atoms with van der Waals surface area (Å²) in [6, 6.07) is 31.6. The van der Waals surface area contributed by atoms with Gasteiger partial charge in [0, 0.05) is 23.5 Å². The highest BCUT2D eigenvalue weighted by Crippen LogP contribution is 2.26. The number of hydrogen-bond donors (Lipinski definition) is 1. The number of rotatable bonds is 13. The number of carbonyl (C=O) groups excluding carboxylic acids is 2.